The molecule has 0 bridgehead atoms. The molecule has 1 saturated carbocycles. The number of thiocarbonyl (C=S) groups is 1. The third-order valence-electron chi connectivity index (χ3n) is 5.70. The topological polar surface area (TPSA) is 37.4 Å². The zero-order valence-electron chi connectivity index (χ0n) is 16.0. The first-order valence-corrected chi connectivity index (χ1v) is 10.5. The number of ketones is 2. The highest BCUT2D eigenvalue weighted by atomic mass is 32.1. The van der Waals surface area contributed by atoms with E-state index < -0.39 is 6.04 Å². The maximum atomic E-state index is 14.5. The quantitative estimate of drug-likeness (QED) is 0.438. The van der Waals surface area contributed by atoms with Crippen LogP contribution in [-0.4, -0.2) is 28.0 Å². The fourth-order valence-corrected chi connectivity index (χ4v) is 4.31. The van der Waals surface area contributed by atoms with Crippen molar-refractivity contribution in [3.8, 4) is 0 Å². The molecule has 1 aromatic rings. The van der Waals surface area contributed by atoms with Gasteiger partial charge in [-0.05, 0) is 31.7 Å². The van der Waals surface area contributed by atoms with Gasteiger partial charge in [-0.2, -0.15) is 0 Å². The standard InChI is InChI=1S/C22H28FNO2S/c1-2-3-4-9-19(25)16-12-13-24(20(27)14-16)21(22(26)15-10-11-15)17-7-5-6-8-18(17)23/h5-8,15-16,21H,2-4,9-14H2,1H3. The molecular formula is C22H28FNO2S. The molecule has 1 aliphatic carbocycles. The molecule has 3 nitrogen and oxygen atoms in total. The van der Waals surface area contributed by atoms with E-state index in [1.165, 1.54) is 6.07 Å². The fraction of sp³-hybridized carbons (Fsp3) is 0.591. The Morgan fingerprint density at radius 3 is 2.56 bits per heavy atom. The third-order valence-corrected chi connectivity index (χ3v) is 6.10. The summed E-state index contributed by atoms with van der Waals surface area (Å²) in [5, 5.41) is 0. The lowest BCUT2D eigenvalue weighted by Crippen LogP contribution is -2.45. The van der Waals surface area contributed by atoms with E-state index in [4.69, 9.17) is 12.2 Å². The molecule has 2 fully saturated rings. The Hall–Kier alpha value is -1.62. The van der Waals surface area contributed by atoms with Crippen LogP contribution in [0.5, 0.6) is 0 Å². The molecule has 1 aliphatic heterocycles. The minimum atomic E-state index is -0.651. The van der Waals surface area contributed by atoms with Crippen LogP contribution < -0.4 is 0 Å². The van der Waals surface area contributed by atoms with Crippen molar-refractivity contribution in [2.24, 2.45) is 11.8 Å². The molecule has 1 aromatic carbocycles. The third kappa shape index (κ3) is 4.81. The fourth-order valence-electron chi connectivity index (χ4n) is 3.91. The van der Waals surface area contributed by atoms with Crippen LogP contribution in [0.1, 0.15) is 69.9 Å². The first-order chi connectivity index (χ1) is 13.0. The molecule has 0 N–H and O–H groups in total. The van der Waals surface area contributed by atoms with Gasteiger partial charge in [0.05, 0.1) is 4.99 Å². The average Bonchev–Trinajstić information content (AvgIpc) is 3.50. The van der Waals surface area contributed by atoms with Gasteiger partial charge in [0.15, 0.2) is 5.78 Å². The smallest absolute Gasteiger partial charge is 0.162 e. The van der Waals surface area contributed by atoms with Crippen LogP contribution in [0.15, 0.2) is 24.3 Å². The van der Waals surface area contributed by atoms with E-state index in [1.807, 2.05) is 4.90 Å². The second-order valence-electron chi connectivity index (χ2n) is 7.80. The first kappa shape index (κ1) is 20.1. The summed E-state index contributed by atoms with van der Waals surface area (Å²) in [7, 11) is 0. The second kappa shape index (κ2) is 9.05. The van der Waals surface area contributed by atoms with Crippen molar-refractivity contribution in [1.82, 2.24) is 4.90 Å². The monoisotopic (exact) mass is 389 g/mol. The zero-order chi connectivity index (χ0) is 19.4. The number of likely N-dealkylation sites (tertiary alicyclic amines) is 1. The Kier molecular flexibility index (Phi) is 6.74. The second-order valence-corrected chi connectivity index (χ2v) is 8.27. The van der Waals surface area contributed by atoms with Crippen molar-refractivity contribution in [3.05, 3.63) is 35.6 Å². The number of unbranched alkanes of at least 4 members (excludes halogenated alkanes) is 2. The number of hydrogen-bond donors (Lipinski definition) is 0. The van der Waals surface area contributed by atoms with E-state index in [1.54, 1.807) is 18.2 Å². The van der Waals surface area contributed by atoms with Gasteiger partial charge in [-0.15, -0.1) is 0 Å². The Labute approximate surface area is 166 Å². The van der Waals surface area contributed by atoms with Gasteiger partial charge in [0.2, 0.25) is 0 Å². The predicted octanol–water partition coefficient (Wildman–Crippen LogP) is 5.03. The average molecular weight is 390 g/mol. The number of rotatable bonds is 9. The zero-order valence-corrected chi connectivity index (χ0v) is 16.8. The Bertz CT molecular complexity index is 716. The highest BCUT2D eigenvalue weighted by molar-refractivity contribution is 7.80. The Morgan fingerprint density at radius 2 is 1.93 bits per heavy atom. The minimum absolute atomic E-state index is 0.0193. The van der Waals surface area contributed by atoms with E-state index in [9.17, 15) is 14.0 Å². The van der Waals surface area contributed by atoms with Gasteiger partial charge in [0, 0.05) is 36.8 Å². The molecule has 2 atom stereocenters. The summed E-state index contributed by atoms with van der Waals surface area (Å²) in [6.45, 7) is 2.66. The lowest BCUT2D eigenvalue weighted by Gasteiger charge is -2.39. The van der Waals surface area contributed by atoms with Gasteiger partial charge in [-0.3, -0.25) is 9.59 Å². The summed E-state index contributed by atoms with van der Waals surface area (Å²) < 4.78 is 14.5. The molecule has 3 rings (SSSR count). The molecule has 0 amide bonds. The van der Waals surface area contributed by atoms with Crippen molar-refractivity contribution in [1.29, 1.82) is 0 Å². The largest absolute Gasteiger partial charge is 0.352 e. The van der Waals surface area contributed by atoms with Crippen molar-refractivity contribution in [2.75, 3.05) is 6.54 Å². The highest BCUT2D eigenvalue weighted by Gasteiger charge is 2.42. The number of halogens is 1. The number of carbonyl (C=O) groups excluding carboxylic acids is 2. The molecule has 2 aliphatic rings. The van der Waals surface area contributed by atoms with Crippen molar-refractivity contribution in [2.45, 2.75) is 64.3 Å². The van der Waals surface area contributed by atoms with Crippen LogP contribution in [-0.2, 0) is 9.59 Å². The number of piperidine rings is 1. The maximum absolute atomic E-state index is 14.5. The van der Waals surface area contributed by atoms with Gasteiger partial charge >= 0.3 is 0 Å². The van der Waals surface area contributed by atoms with Gasteiger partial charge in [0.25, 0.3) is 0 Å². The lowest BCUT2D eigenvalue weighted by atomic mass is 9.87. The molecule has 0 aromatic heterocycles. The van der Waals surface area contributed by atoms with Crippen LogP contribution in [0.25, 0.3) is 0 Å². The lowest BCUT2D eigenvalue weighted by molar-refractivity contribution is -0.125. The summed E-state index contributed by atoms with van der Waals surface area (Å²) in [5.41, 5.74) is 0.407. The summed E-state index contributed by atoms with van der Waals surface area (Å²) in [4.78, 5) is 27.9. The van der Waals surface area contributed by atoms with E-state index in [0.29, 0.717) is 36.4 Å². The van der Waals surface area contributed by atoms with Crippen molar-refractivity contribution in [3.63, 3.8) is 0 Å². The Morgan fingerprint density at radius 1 is 1.19 bits per heavy atom. The van der Waals surface area contributed by atoms with E-state index in [-0.39, 0.29) is 29.2 Å². The molecule has 0 spiro atoms. The molecule has 0 radical (unpaired) electrons. The van der Waals surface area contributed by atoms with E-state index >= 15 is 0 Å². The van der Waals surface area contributed by atoms with Crippen LogP contribution in [0, 0.1) is 17.7 Å². The summed E-state index contributed by atoms with van der Waals surface area (Å²) in [5.74, 6) is -0.0534. The number of nitrogens with zero attached hydrogens (tertiary/aromatic N) is 1. The Balaban J connectivity index is 1.73. The summed E-state index contributed by atoms with van der Waals surface area (Å²) in [6.07, 6.45) is 6.65. The normalized spacial score (nSPS) is 21.2. The molecule has 5 heteroatoms. The first-order valence-electron chi connectivity index (χ1n) is 10.1. The van der Waals surface area contributed by atoms with Gasteiger partial charge < -0.3 is 4.90 Å². The highest BCUT2D eigenvalue weighted by Crippen LogP contribution is 2.39. The SMILES string of the molecule is CCCCCC(=O)C1CCN(C(C(=O)C2CC2)c2ccccc2F)C(=S)C1. The molecule has 2 unspecified atom stereocenters. The van der Waals surface area contributed by atoms with Crippen molar-refractivity contribution >= 4 is 28.8 Å². The minimum Gasteiger partial charge on any atom is -0.352 e. The van der Waals surface area contributed by atoms with Gasteiger partial charge in [-0.1, -0.05) is 50.2 Å². The predicted molar refractivity (Wildman–Crippen MR) is 108 cm³/mol. The molecule has 1 saturated heterocycles. The number of Topliss-reactive ketones (excluding diaryl/α,β-unsaturated/α-hetero) is 2. The van der Waals surface area contributed by atoms with E-state index in [2.05, 4.69) is 6.92 Å². The van der Waals surface area contributed by atoms with Crippen molar-refractivity contribution < 1.29 is 14.0 Å². The summed E-state index contributed by atoms with van der Waals surface area (Å²) >= 11 is 5.60. The number of benzene rings is 1. The van der Waals surface area contributed by atoms with Crippen LogP contribution in [0.3, 0.4) is 0 Å². The molecule has 1 heterocycles. The van der Waals surface area contributed by atoms with Crippen LogP contribution >= 0.6 is 12.2 Å². The molecule has 27 heavy (non-hydrogen) atoms. The van der Waals surface area contributed by atoms with E-state index in [0.717, 1.165) is 32.1 Å². The number of carbonyl (C=O) groups is 2. The van der Waals surface area contributed by atoms with Gasteiger partial charge in [0.1, 0.15) is 17.6 Å². The van der Waals surface area contributed by atoms with Gasteiger partial charge in [-0.25, -0.2) is 4.39 Å². The summed E-state index contributed by atoms with van der Waals surface area (Å²) in [6, 6.07) is 5.83. The van der Waals surface area contributed by atoms with Crippen LogP contribution in [0.4, 0.5) is 4.39 Å². The maximum Gasteiger partial charge on any atom is 0.162 e. The molecular weight excluding hydrogens is 361 g/mol. The number of hydrogen-bond acceptors (Lipinski definition) is 3. The van der Waals surface area contributed by atoms with Crippen LogP contribution in [0.2, 0.25) is 0 Å². The molecule has 146 valence electrons.